The van der Waals surface area contributed by atoms with Gasteiger partial charge in [-0.25, -0.2) is 4.79 Å². The first-order chi connectivity index (χ1) is 15.7. The van der Waals surface area contributed by atoms with Gasteiger partial charge in [0, 0.05) is 25.6 Å². The van der Waals surface area contributed by atoms with Gasteiger partial charge in [-0.3, -0.25) is 4.84 Å². The predicted octanol–water partition coefficient (Wildman–Crippen LogP) is 2.74. The molecular weight excluding hydrogens is 474 g/mol. The number of hydrogen-bond donors (Lipinski definition) is 1. The Bertz CT molecular complexity index is 1220. The summed E-state index contributed by atoms with van der Waals surface area (Å²) in [4.78, 5) is 27.4. The number of benzene rings is 1. The third-order valence-corrected chi connectivity index (χ3v) is 5.94. The molecule has 0 aliphatic carbocycles. The Labute approximate surface area is 188 Å². The van der Waals surface area contributed by atoms with Gasteiger partial charge in [0.25, 0.3) is 0 Å². The fourth-order valence-electron chi connectivity index (χ4n) is 3.98. The van der Waals surface area contributed by atoms with Crippen molar-refractivity contribution in [3.05, 3.63) is 39.6 Å². The van der Waals surface area contributed by atoms with Gasteiger partial charge in [-0.1, -0.05) is 6.92 Å². The Kier molecular flexibility index (Phi) is 5.61. The van der Waals surface area contributed by atoms with E-state index < -0.39 is 30.5 Å². The van der Waals surface area contributed by atoms with Gasteiger partial charge in [0.05, 0.1) is 16.2 Å². The average Bonchev–Trinajstić information content (AvgIpc) is 2.71. The number of alkyl halides is 6. The second-order valence-corrected chi connectivity index (χ2v) is 8.62. The molecule has 0 amide bonds. The zero-order valence-electron chi connectivity index (χ0n) is 17.9. The molecular formula is C20H19F6N4O4+. The van der Waals surface area contributed by atoms with Crippen LogP contribution in [0.15, 0.2) is 12.1 Å². The van der Waals surface area contributed by atoms with Gasteiger partial charge in [-0.2, -0.15) is 26.3 Å². The van der Waals surface area contributed by atoms with Crippen molar-refractivity contribution in [3.8, 4) is 16.9 Å². The maximum atomic E-state index is 13.8. The lowest BCUT2D eigenvalue weighted by molar-refractivity contribution is -0.646. The molecule has 1 aromatic heterocycles. The molecule has 1 saturated heterocycles. The van der Waals surface area contributed by atoms with Crippen molar-refractivity contribution in [2.45, 2.75) is 45.6 Å². The van der Waals surface area contributed by atoms with Crippen LogP contribution in [0.25, 0.3) is 11.1 Å². The summed E-state index contributed by atoms with van der Waals surface area (Å²) in [6.45, 7) is 4.10. The number of nitrogens with one attached hydrogen (secondary N) is 1. The number of nitrogens with zero attached hydrogens (tertiary/aromatic N) is 3. The Morgan fingerprint density at radius 3 is 2.50 bits per heavy atom. The van der Waals surface area contributed by atoms with E-state index in [9.17, 15) is 36.0 Å². The molecule has 8 nitrogen and oxygen atoms in total. The topological polar surface area (TPSA) is 88.4 Å². The minimum Gasteiger partial charge on any atom is -0.484 e. The molecule has 4 rings (SSSR count). The largest absolute Gasteiger partial charge is 0.493 e. The molecule has 14 heteroatoms. The first-order valence-corrected chi connectivity index (χ1v) is 10.1. The molecule has 1 fully saturated rings. The van der Waals surface area contributed by atoms with E-state index in [1.54, 1.807) is 0 Å². The summed E-state index contributed by atoms with van der Waals surface area (Å²) < 4.78 is 84.1. The Morgan fingerprint density at radius 1 is 1.26 bits per heavy atom. The third kappa shape index (κ3) is 4.33. The van der Waals surface area contributed by atoms with Gasteiger partial charge in [-0.05, 0) is 40.9 Å². The average molecular weight is 493 g/mol. The molecule has 0 atom stereocenters. The molecule has 1 N–H and O–H groups in total. The van der Waals surface area contributed by atoms with E-state index in [0.29, 0.717) is 19.5 Å². The second kappa shape index (κ2) is 7.96. The van der Waals surface area contributed by atoms with Crippen LogP contribution < -0.4 is 19.4 Å². The molecule has 34 heavy (non-hydrogen) atoms. The van der Waals surface area contributed by atoms with E-state index in [1.807, 2.05) is 6.92 Å². The SMILES string of the molecule is Cc1c2c(nn(OC(=O)C(F)(F)F)[n+]1=O)COc1cc(C(F)(F)F)c(CCC3(C)CNC3)cc1-2. The van der Waals surface area contributed by atoms with Crippen molar-refractivity contribution < 1.29 is 45.3 Å². The number of carbonyl (C=O) groups is 1. The molecule has 1 aromatic carbocycles. The summed E-state index contributed by atoms with van der Waals surface area (Å²) in [5.74, 6) is -2.81. The highest BCUT2D eigenvalue weighted by atomic mass is 19.4. The number of halogens is 6. The highest BCUT2D eigenvalue weighted by Gasteiger charge is 2.44. The third-order valence-electron chi connectivity index (χ3n) is 5.94. The summed E-state index contributed by atoms with van der Waals surface area (Å²) in [6.07, 6.45) is -9.43. The van der Waals surface area contributed by atoms with Gasteiger partial charge >= 0.3 is 18.3 Å². The van der Waals surface area contributed by atoms with Crippen molar-refractivity contribution in [2.24, 2.45) is 5.41 Å². The van der Waals surface area contributed by atoms with Crippen LogP contribution in [0.4, 0.5) is 26.3 Å². The molecule has 184 valence electrons. The summed E-state index contributed by atoms with van der Waals surface area (Å²) in [6, 6.07) is 2.13. The molecule has 0 saturated carbocycles. The fourth-order valence-corrected chi connectivity index (χ4v) is 3.98. The monoisotopic (exact) mass is 493 g/mol. The predicted molar refractivity (Wildman–Crippen MR) is 102 cm³/mol. The lowest BCUT2D eigenvalue weighted by atomic mass is 9.78. The molecule has 0 unspecified atom stereocenters. The summed E-state index contributed by atoms with van der Waals surface area (Å²) in [7, 11) is 0. The van der Waals surface area contributed by atoms with E-state index in [0.717, 1.165) is 6.07 Å². The van der Waals surface area contributed by atoms with Gasteiger partial charge < -0.3 is 10.1 Å². The van der Waals surface area contributed by atoms with Crippen molar-refractivity contribution in [1.82, 2.24) is 15.4 Å². The normalized spacial score (nSPS) is 16.7. The van der Waals surface area contributed by atoms with Crippen LogP contribution in [0.5, 0.6) is 5.75 Å². The molecule has 3 heterocycles. The first-order valence-electron chi connectivity index (χ1n) is 10.1. The Morgan fingerprint density at radius 2 is 1.94 bits per heavy atom. The number of rotatable bonds is 4. The van der Waals surface area contributed by atoms with Crippen LogP contribution in [0, 0.1) is 17.2 Å². The maximum absolute atomic E-state index is 13.8. The van der Waals surface area contributed by atoms with E-state index in [2.05, 4.69) is 15.3 Å². The van der Waals surface area contributed by atoms with Crippen LogP contribution in [0.1, 0.15) is 35.9 Å². The number of ether oxygens (including phenoxy) is 1. The quantitative estimate of drug-likeness (QED) is 0.521. The van der Waals surface area contributed by atoms with E-state index in [1.165, 1.54) is 13.0 Å². The Hall–Kier alpha value is -3.16. The number of aromatic nitrogens is 3. The minimum absolute atomic E-state index is 0.00657. The van der Waals surface area contributed by atoms with E-state index >= 15 is 0 Å². The molecule has 0 spiro atoms. The maximum Gasteiger partial charge on any atom is 0.493 e. The highest BCUT2D eigenvalue weighted by Crippen LogP contribution is 2.44. The first kappa shape index (κ1) is 24.0. The minimum atomic E-state index is -5.37. The van der Waals surface area contributed by atoms with Crippen LogP contribution in [-0.2, 0) is 24.0 Å². The Balaban J connectivity index is 1.79. The smallest absolute Gasteiger partial charge is 0.484 e. The molecule has 0 bridgehead atoms. The lowest BCUT2D eigenvalue weighted by Crippen LogP contribution is -2.51. The van der Waals surface area contributed by atoms with Crippen LogP contribution in [0.3, 0.4) is 0 Å². The van der Waals surface area contributed by atoms with Gasteiger partial charge in [0.15, 0.2) is 12.3 Å². The highest BCUT2D eigenvalue weighted by molar-refractivity contribution is 5.77. The number of hydrogen-bond acceptors (Lipinski definition) is 6. The van der Waals surface area contributed by atoms with Crippen molar-refractivity contribution in [3.63, 3.8) is 0 Å². The van der Waals surface area contributed by atoms with Gasteiger partial charge in [-0.15, -0.1) is 0 Å². The van der Waals surface area contributed by atoms with E-state index in [-0.39, 0.29) is 55.2 Å². The summed E-state index contributed by atoms with van der Waals surface area (Å²) in [5.41, 5.74) is -1.08. The zero-order chi connectivity index (χ0) is 25.1. The standard InChI is InChI=1S/C20H19F6N4O4/c1-10-16-12-5-11(3-4-18(2)8-27-9-18)13(19(21,22)23)6-15(12)33-7-14(16)28-30(29(10)32)34-17(31)20(24,25)26/h5-6,27H,3-4,7-9H2,1-2H3/q+1. The number of fused-ring (bicyclic) bond motifs is 3. The van der Waals surface area contributed by atoms with Crippen LogP contribution in [-0.4, -0.2) is 35.3 Å². The van der Waals surface area contributed by atoms with Crippen LogP contribution in [0.2, 0.25) is 0 Å². The second-order valence-electron chi connectivity index (χ2n) is 8.62. The molecule has 0 radical (unpaired) electrons. The number of carbonyl (C=O) groups excluding carboxylic acids is 1. The molecule has 2 aliphatic rings. The summed E-state index contributed by atoms with van der Waals surface area (Å²) >= 11 is 0. The summed E-state index contributed by atoms with van der Waals surface area (Å²) in [5, 5.41) is 6.69. The van der Waals surface area contributed by atoms with Crippen molar-refractivity contribution in [2.75, 3.05) is 13.1 Å². The lowest BCUT2D eigenvalue weighted by Gasteiger charge is -2.39. The van der Waals surface area contributed by atoms with Gasteiger partial charge in [0.2, 0.25) is 10.7 Å². The molecule has 2 aromatic rings. The van der Waals surface area contributed by atoms with Crippen molar-refractivity contribution in [1.29, 1.82) is 0 Å². The zero-order valence-corrected chi connectivity index (χ0v) is 17.9. The number of aryl methyl sites for hydroxylation is 1. The fraction of sp³-hybridized carbons (Fsp3) is 0.500. The van der Waals surface area contributed by atoms with Crippen molar-refractivity contribution >= 4 is 5.97 Å². The van der Waals surface area contributed by atoms with Gasteiger partial charge in [0.1, 0.15) is 10.3 Å². The van der Waals surface area contributed by atoms with Crippen LogP contribution >= 0.6 is 0 Å². The van der Waals surface area contributed by atoms with E-state index in [4.69, 9.17) is 4.74 Å². The molecule has 2 aliphatic heterocycles.